The lowest BCUT2D eigenvalue weighted by Gasteiger charge is -2.32. The van der Waals surface area contributed by atoms with Crippen molar-refractivity contribution in [3.8, 4) is 11.5 Å². The number of nitrogens with zero attached hydrogens (tertiary/aromatic N) is 3. The molecule has 29 heavy (non-hydrogen) atoms. The molecule has 1 fully saturated rings. The predicted molar refractivity (Wildman–Crippen MR) is 120 cm³/mol. The number of benzene rings is 1. The largest absolute Gasteiger partial charge is 0.493 e. The van der Waals surface area contributed by atoms with E-state index in [1.807, 2.05) is 12.1 Å². The molecule has 1 aromatic heterocycles. The molecule has 0 spiro atoms. The first-order valence-corrected chi connectivity index (χ1v) is 11.3. The topological polar surface area (TPSA) is 85.5 Å². The molecule has 0 bridgehead atoms. The number of aromatic nitrogens is 2. The zero-order valence-corrected chi connectivity index (χ0v) is 18.5. The molecule has 0 radical (unpaired) electrons. The fraction of sp³-hybridized carbons (Fsp3) is 0.619. The van der Waals surface area contributed by atoms with E-state index >= 15 is 0 Å². The summed E-state index contributed by atoms with van der Waals surface area (Å²) in [7, 11) is 3.30. The van der Waals surface area contributed by atoms with Gasteiger partial charge in [0.15, 0.2) is 11.5 Å². The Balaban J connectivity index is 1.76. The molecule has 0 aliphatic carbocycles. The molecule has 8 heteroatoms. The molecule has 1 unspecified atom stereocenters. The minimum atomic E-state index is 0.689. The number of hydrogen-bond acceptors (Lipinski definition) is 8. The molecule has 1 aromatic carbocycles. The zero-order valence-electron chi connectivity index (χ0n) is 17.7. The van der Waals surface area contributed by atoms with Crippen LogP contribution in [-0.2, 0) is 0 Å². The Hall–Kier alpha value is -1.77. The van der Waals surface area contributed by atoms with Gasteiger partial charge in [0.05, 0.1) is 19.7 Å². The molecule has 7 nitrogen and oxygen atoms in total. The zero-order chi connectivity index (χ0) is 20.6. The Bertz CT molecular complexity index is 781. The summed E-state index contributed by atoms with van der Waals surface area (Å²) >= 11 is 1.23. The first kappa shape index (κ1) is 21.9. The Morgan fingerprint density at radius 2 is 1.86 bits per heavy atom. The average Bonchev–Trinajstić information content (AvgIpc) is 2.73. The van der Waals surface area contributed by atoms with Crippen LogP contribution in [0.2, 0.25) is 0 Å². The van der Waals surface area contributed by atoms with Crippen LogP contribution < -0.4 is 24.2 Å². The molecule has 2 heterocycles. The smallest absolute Gasteiger partial charge is 0.162 e. The van der Waals surface area contributed by atoms with Gasteiger partial charge in [-0.3, -0.25) is 9.86 Å². The fourth-order valence-corrected chi connectivity index (χ4v) is 4.76. The third-order valence-corrected chi connectivity index (χ3v) is 6.38. The molecule has 0 amide bonds. The Morgan fingerprint density at radius 3 is 2.48 bits per heavy atom. The van der Waals surface area contributed by atoms with Crippen molar-refractivity contribution >= 4 is 28.9 Å². The highest BCUT2D eigenvalue weighted by molar-refractivity contribution is 7.95. The number of rotatable bonds is 8. The second kappa shape index (κ2) is 10.8. The maximum atomic E-state index is 5.55. The maximum absolute atomic E-state index is 5.55. The van der Waals surface area contributed by atoms with Crippen molar-refractivity contribution < 1.29 is 9.47 Å². The van der Waals surface area contributed by atoms with Gasteiger partial charge in [0.2, 0.25) is 0 Å². The number of nitrogens with two attached hydrogens (primary N) is 1. The normalized spacial score (nSPS) is 17.0. The molecule has 3 rings (SSSR count). The van der Waals surface area contributed by atoms with E-state index in [1.165, 1.54) is 31.4 Å². The van der Waals surface area contributed by atoms with Gasteiger partial charge in [-0.1, -0.05) is 13.3 Å². The highest BCUT2D eigenvalue weighted by Gasteiger charge is 2.23. The molecular weight excluding hydrogens is 386 g/mol. The van der Waals surface area contributed by atoms with Crippen LogP contribution in [0.3, 0.4) is 0 Å². The first-order chi connectivity index (χ1) is 14.2. The standard InChI is InChI=1S/C21H33N5O2S/c1-4-15(13-25-29-22)16-7-5-9-26(10-6-8-16)21-17-11-19(27-2)20(28-3)12-18(17)23-14-24-21/h11-12,14-16,25H,4-10,13,22H2,1-3H3. The highest BCUT2D eigenvalue weighted by Crippen LogP contribution is 2.36. The summed E-state index contributed by atoms with van der Waals surface area (Å²) in [5.41, 5.74) is 0.879. The molecule has 1 saturated heterocycles. The lowest BCUT2D eigenvalue weighted by atomic mass is 9.82. The van der Waals surface area contributed by atoms with Crippen molar-refractivity contribution in [3.63, 3.8) is 0 Å². The number of fused-ring (bicyclic) bond motifs is 1. The third-order valence-electron chi connectivity index (χ3n) is 6.04. The van der Waals surface area contributed by atoms with Gasteiger partial charge >= 0.3 is 0 Å². The van der Waals surface area contributed by atoms with Crippen LogP contribution in [-0.4, -0.2) is 43.8 Å². The van der Waals surface area contributed by atoms with Crippen molar-refractivity contribution in [2.45, 2.75) is 39.0 Å². The number of hydrogen-bond donors (Lipinski definition) is 2. The summed E-state index contributed by atoms with van der Waals surface area (Å²) in [6.07, 6.45) is 7.65. The van der Waals surface area contributed by atoms with Crippen LogP contribution in [0.1, 0.15) is 39.0 Å². The highest BCUT2D eigenvalue weighted by atomic mass is 32.2. The molecular formula is C21H33N5O2S. The van der Waals surface area contributed by atoms with E-state index in [0.29, 0.717) is 17.4 Å². The molecule has 160 valence electrons. The van der Waals surface area contributed by atoms with E-state index in [0.717, 1.165) is 55.1 Å². The molecule has 2 aromatic rings. The Kier molecular flexibility index (Phi) is 8.20. The summed E-state index contributed by atoms with van der Waals surface area (Å²) in [6, 6.07) is 3.92. The Labute approximate surface area is 178 Å². The lowest BCUT2D eigenvalue weighted by Crippen LogP contribution is -2.32. The van der Waals surface area contributed by atoms with Crippen LogP contribution in [0, 0.1) is 11.8 Å². The van der Waals surface area contributed by atoms with E-state index in [9.17, 15) is 0 Å². The van der Waals surface area contributed by atoms with E-state index in [-0.39, 0.29) is 0 Å². The van der Waals surface area contributed by atoms with Gasteiger partial charge in [-0.25, -0.2) is 9.97 Å². The maximum Gasteiger partial charge on any atom is 0.162 e. The van der Waals surface area contributed by atoms with Crippen molar-refractivity contribution in [1.82, 2.24) is 14.7 Å². The minimum absolute atomic E-state index is 0.689. The van der Waals surface area contributed by atoms with Crippen molar-refractivity contribution in [2.24, 2.45) is 17.0 Å². The van der Waals surface area contributed by atoms with E-state index < -0.39 is 0 Å². The first-order valence-electron chi connectivity index (χ1n) is 10.4. The van der Waals surface area contributed by atoms with E-state index in [2.05, 4.69) is 26.5 Å². The summed E-state index contributed by atoms with van der Waals surface area (Å²) in [5, 5.41) is 6.57. The third kappa shape index (κ3) is 5.24. The number of anilines is 1. The van der Waals surface area contributed by atoms with Crippen LogP contribution in [0.4, 0.5) is 5.82 Å². The second-order valence-corrected chi connectivity index (χ2v) is 8.11. The van der Waals surface area contributed by atoms with Crippen LogP contribution in [0.25, 0.3) is 10.9 Å². The van der Waals surface area contributed by atoms with Gasteiger partial charge in [0.1, 0.15) is 12.1 Å². The molecule has 1 aliphatic rings. The van der Waals surface area contributed by atoms with Crippen LogP contribution >= 0.6 is 12.1 Å². The SMILES string of the molecule is CCC(CNSN)C1CCCN(c2ncnc3cc(OC)c(OC)cc23)CCC1. The number of methoxy groups -OCH3 is 2. The van der Waals surface area contributed by atoms with Crippen LogP contribution in [0.15, 0.2) is 18.5 Å². The molecule has 1 aliphatic heterocycles. The average molecular weight is 420 g/mol. The predicted octanol–water partition coefficient (Wildman–Crippen LogP) is 3.78. The summed E-state index contributed by atoms with van der Waals surface area (Å²) in [6.45, 7) is 5.29. The van der Waals surface area contributed by atoms with Crippen molar-refractivity contribution in [2.75, 3.05) is 38.8 Å². The fourth-order valence-electron chi connectivity index (χ4n) is 4.45. The molecule has 1 atom stereocenters. The van der Waals surface area contributed by atoms with E-state index in [1.54, 1.807) is 20.5 Å². The molecule has 0 saturated carbocycles. The summed E-state index contributed by atoms with van der Waals surface area (Å²) < 4.78 is 14.2. The van der Waals surface area contributed by atoms with Gasteiger partial charge in [-0.15, -0.1) is 0 Å². The van der Waals surface area contributed by atoms with Crippen molar-refractivity contribution in [3.05, 3.63) is 18.5 Å². The number of ether oxygens (including phenoxy) is 2. The van der Waals surface area contributed by atoms with E-state index in [4.69, 9.17) is 14.6 Å². The van der Waals surface area contributed by atoms with Gasteiger partial charge in [-0.2, -0.15) is 0 Å². The Morgan fingerprint density at radius 1 is 1.17 bits per heavy atom. The van der Waals surface area contributed by atoms with Gasteiger partial charge in [0.25, 0.3) is 0 Å². The van der Waals surface area contributed by atoms with Crippen molar-refractivity contribution in [1.29, 1.82) is 0 Å². The van der Waals surface area contributed by atoms with Gasteiger partial charge in [0, 0.05) is 43.2 Å². The monoisotopic (exact) mass is 419 g/mol. The number of nitrogens with one attached hydrogen (secondary N) is 1. The summed E-state index contributed by atoms with van der Waals surface area (Å²) in [4.78, 5) is 11.5. The van der Waals surface area contributed by atoms with Gasteiger partial charge in [-0.05, 0) is 43.6 Å². The summed E-state index contributed by atoms with van der Waals surface area (Å²) in [5.74, 6) is 3.83. The van der Waals surface area contributed by atoms with Crippen LogP contribution in [0.5, 0.6) is 11.5 Å². The molecule has 3 N–H and O–H groups in total. The second-order valence-electron chi connectivity index (χ2n) is 7.59. The minimum Gasteiger partial charge on any atom is -0.493 e. The van der Waals surface area contributed by atoms with Gasteiger partial charge < -0.3 is 14.4 Å². The quantitative estimate of drug-likeness (QED) is 0.625. The lowest BCUT2D eigenvalue weighted by molar-refractivity contribution is 0.270.